The third kappa shape index (κ3) is 5.04. The Balaban J connectivity index is 1.70. The van der Waals surface area contributed by atoms with Crippen LogP contribution in [-0.2, 0) is 6.42 Å². The van der Waals surface area contributed by atoms with Crippen molar-refractivity contribution < 1.29 is 4.79 Å². The Morgan fingerprint density at radius 2 is 1.67 bits per heavy atom. The number of aryl methyl sites for hydroxylation is 1. The molecule has 0 unspecified atom stereocenters. The smallest absolute Gasteiger partial charge is 0.166 e. The molecule has 0 saturated carbocycles. The second-order valence-corrected chi connectivity index (χ2v) is 5.99. The van der Waals surface area contributed by atoms with Crippen molar-refractivity contribution in [3.63, 3.8) is 0 Å². The third-order valence-electron chi connectivity index (χ3n) is 4.15. The quantitative estimate of drug-likeness (QED) is 0.443. The van der Waals surface area contributed by atoms with E-state index >= 15 is 0 Å². The van der Waals surface area contributed by atoms with Gasteiger partial charge in [0.1, 0.15) is 0 Å². The van der Waals surface area contributed by atoms with Gasteiger partial charge in [-0.15, -0.1) is 0 Å². The van der Waals surface area contributed by atoms with Crippen LogP contribution in [0.15, 0.2) is 24.3 Å². The first-order valence-electron chi connectivity index (χ1n) is 8.40. The highest BCUT2D eigenvalue weighted by molar-refractivity contribution is 5.88. The van der Waals surface area contributed by atoms with Crippen molar-refractivity contribution >= 4 is 17.2 Å². The molecular weight excluding hydrogens is 258 g/mol. The number of carbonyl (C=O) groups excluding carboxylic acids is 1. The second-order valence-electron chi connectivity index (χ2n) is 5.99. The summed E-state index contributed by atoms with van der Waals surface area (Å²) in [5.74, 6) is 0. The number of aromatic nitrogens is 1. The lowest BCUT2D eigenvalue weighted by Crippen LogP contribution is -1.87. The number of aldehydes is 1. The average molecular weight is 285 g/mol. The average Bonchev–Trinajstić information content (AvgIpc) is 2.92. The van der Waals surface area contributed by atoms with E-state index in [9.17, 15) is 4.79 Å². The fourth-order valence-corrected chi connectivity index (χ4v) is 2.88. The Kier molecular flexibility index (Phi) is 6.52. The summed E-state index contributed by atoms with van der Waals surface area (Å²) in [4.78, 5) is 13.9. The van der Waals surface area contributed by atoms with Gasteiger partial charge >= 0.3 is 0 Å². The minimum absolute atomic E-state index is 0.661. The van der Waals surface area contributed by atoms with Crippen molar-refractivity contribution in [2.45, 2.75) is 64.7 Å². The first kappa shape index (κ1) is 15.8. The Labute approximate surface area is 127 Å². The van der Waals surface area contributed by atoms with Crippen molar-refractivity contribution in [3.05, 3.63) is 35.5 Å². The molecule has 1 aromatic carbocycles. The number of rotatable bonds is 10. The number of nitrogens with one attached hydrogen (secondary N) is 1. The molecule has 0 aliphatic heterocycles. The summed E-state index contributed by atoms with van der Waals surface area (Å²) < 4.78 is 0. The summed E-state index contributed by atoms with van der Waals surface area (Å²) in [6, 6.07) is 8.39. The van der Waals surface area contributed by atoms with Crippen LogP contribution in [0.25, 0.3) is 10.9 Å². The molecule has 0 aliphatic rings. The molecule has 2 nitrogen and oxygen atoms in total. The molecule has 0 aliphatic carbocycles. The SMILES string of the molecule is CCCCCCCCCCc1ccc2cc(C=O)[nH]c2c1. The van der Waals surface area contributed by atoms with Crippen molar-refractivity contribution in [3.8, 4) is 0 Å². The van der Waals surface area contributed by atoms with E-state index in [0.717, 1.165) is 23.6 Å². The molecule has 114 valence electrons. The Morgan fingerprint density at radius 1 is 0.952 bits per heavy atom. The zero-order valence-corrected chi connectivity index (χ0v) is 13.2. The molecule has 0 spiro atoms. The first-order chi connectivity index (χ1) is 10.3. The van der Waals surface area contributed by atoms with Crippen LogP contribution in [0.5, 0.6) is 0 Å². The standard InChI is InChI=1S/C19H27NO/c1-2-3-4-5-6-7-8-9-10-16-11-12-17-14-18(15-21)20-19(17)13-16/h11-15,20H,2-10H2,1H3. The second kappa shape index (κ2) is 8.66. The summed E-state index contributed by atoms with van der Waals surface area (Å²) >= 11 is 0. The number of fused-ring (bicyclic) bond motifs is 1. The predicted octanol–water partition coefficient (Wildman–Crippen LogP) is 5.66. The molecule has 0 atom stereocenters. The molecule has 0 bridgehead atoms. The van der Waals surface area contributed by atoms with E-state index in [1.54, 1.807) is 0 Å². The molecule has 0 amide bonds. The number of H-pyrrole nitrogens is 1. The molecule has 2 aromatic rings. The maximum Gasteiger partial charge on any atom is 0.166 e. The maximum atomic E-state index is 10.8. The molecule has 2 heteroatoms. The summed E-state index contributed by atoms with van der Waals surface area (Å²) in [7, 11) is 0. The lowest BCUT2D eigenvalue weighted by molar-refractivity contribution is 0.112. The van der Waals surface area contributed by atoms with Gasteiger partial charge in [-0.2, -0.15) is 0 Å². The van der Waals surface area contributed by atoms with Crippen LogP contribution in [0.3, 0.4) is 0 Å². The minimum Gasteiger partial charge on any atom is -0.352 e. The van der Waals surface area contributed by atoms with Gasteiger partial charge in [0, 0.05) is 10.9 Å². The Bertz CT molecular complexity index is 556. The van der Waals surface area contributed by atoms with E-state index in [1.807, 2.05) is 6.07 Å². The predicted molar refractivity (Wildman–Crippen MR) is 90.0 cm³/mol. The van der Waals surface area contributed by atoms with Crippen LogP contribution in [-0.4, -0.2) is 11.3 Å². The topological polar surface area (TPSA) is 32.9 Å². The number of aromatic amines is 1. The molecule has 1 heterocycles. The van der Waals surface area contributed by atoms with E-state index < -0.39 is 0 Å². The highest BCUT2D eigenvalue weighted by Gasteiger charge is 2.01. The summed E-state index contributed by atoms with van der Waals surface area (Å²) in [6.07, 6.45) is 12.9. The molecular formula is C19H27NO. The maximum absolute atomic E-state index is 10.8. The van der Waals surface area contributed by atoms with Crippen LogP contribution < -0.4 is 0 Å². The van der Waals surface area contributed by atoms with E-state index in [0.29, 0.717) is 5.69 Å². The highest BCUT2D eigenvalue weighted by atomic mass is 16.1. The van der Waals surface area contributed by atoms with E-state index in [4.69, 9.17) is 0 Å². The van der Waals surface area contributed by atoms with Gasteiger partial charge in [-0.3, -0.25) is 4.79 Å². The normalized spacial score (nSPS) is 11.1. The molecule has 0 fully saturated rings. The Hall–Kier alpha value is -1.57. The summed E-state index contributed by atoms with van der Waals surface area (Å²) in [5, 5.41) is 1.12. The summed E-state index contributed by atoms with van der Waals surface area (Å²) in [5.41, 5.74) is 3.11. The molecule has 1 N–H and O–H groups in total. The monoisotopic (exact) mass is 285 g/mol. The van der Waals surface area contributed by atoms with Gasteiger partial charge in [0.15, 0.2) is 6.29 Å². The molecule has 2 rings (SSSR count). The fourth-order valence-electron chi connectivity index (χ4n) is 2.88. The molecule has 1 aromatic heterocycles. The lowest BCUT2D eigenvalue weighted by Gasteiger charge is -2.03. The zero-order valence-electron chi connectivity index (χ0n) is 13.2. The highest BCUT2D eigenvalue weighted by Crippen LogP contribution is 2.18. The number of hydrogen-bond acceptors (Lipinski definition) is 1. The number of benzene rings is 1. The third-order valence-corrected chi connectivity index (χ3v) is 4.15. The van der Waals surface area contributed by atoms with Crippen LogP contribution >= 0.6 is 0 Å². The van der Waals surface area contributed by atoms with Gasteiger partial charge in [0.2, 0.25) is 0 Å². The largest absolute Gasteiger partial charge is 0.352 e. The van der Waals surface area contributed by atoms with Gasteiger partial charge in [0.25, 0.3) is 0 Å². The van der Waals surface area contributed by atoms with Gasteiger partial charge in [-0.05, 0) is 30.5 Å². The van der Waals surface area contributed by atoms with Gasteiger partial charge in [-0.25, -0.2) is 0 Å². The zero-order chi connectivity index (χ0) is 14.9. The van der Waals surface area contributed by atoms with Crippen LogP contribution in [0.4, 0.5) is 0 Å². The number of unbranched alkanes of at least 4 members (excludes halogenated alkanes) is 7. The van der Waals surface area contributed by atoms with E-state index in [-0.39, 0.29) is 0 Å². The van der Waals surface area contributed by atoms with Gasteiger partial charge < -0.3 is 4.98 Å². The van der Waals surface area contributed by atoms with Gasteiger partial charge in [-0.1, -0.05) is 64.0 Å². The lowest BCUT2D eigenvalue weighted by atomic mass is 10.0. The summed E-state index contributed by atoms with van der Waals surface area (Å²) in [6.45, 7) is 2.26. The van der Waals surface area contributed by atoms with Crippen LogP contribution in [0.1, 0.15) is 74.3 Å². The molecule has 21 heavy (non-hydrogen) atoms. The van der Waals surface area contributed by atoms with E-state index in [1.165, 1.54) is 56.9 Å². The van der Waals surface area contributed by atoms with E-state index in [2.05, 4.69) is 30.1 Å². The number of hydrogen-bond donors (Lipinski definition) is 1. The first-order valence-corrected chi connectivity index (χ1v) is 8.40. The molecule has 0 saturated heterocycles. The van der Waals surface area contributed by atoms with Crippen LogP contribution in [0, 0.1) is 0 Å². The van der Waals surface area contributed by atoms with Crippen LogP contribution in [0.2, 0.25) is 0 Å². The Morgan fingerprint density at radius 3 is 2.38 bits per heavy atom. The van der Waals surface area contributed by atoms with Crippen molar-refractivity contribution in [2.75, 3.05) is 0 Å². The fraction of sp³-hybridized carbons (Fsp3) is 0.526. The van der Waals surface area contributed by atoms with Crippen molar-refractivity contribution in [2.24, 2.45) is 0 Å². The number of carbonyl (C=O) groups is 1. The van der Waals surface area contributed by atoms with Gasteiger partial charge in [0.05, 0.1) is 5.69 Å². The molecule has 0 radical (unpaired) electrons. The minimum atomic E-state index is 0.661. The van der Waals surface area contributed by atoms with Crippen molar-refractivity contribution in [1.82, 2.24) is 4.98 Å². The van der Waals surface area contributed by atoms with Crippen molar-refractivity contribution in [1.29, 1.82) is 0 Å².